The highest BCUT2D eigenvalue weighted by Crippen LogP contribution is 2.32. The van der Waals surface area contributed by atoms with E-state index in [4.69, 9.17) is 21.1 Å². The second-order valence-electron chi connectivity index (χ2n) is 8.03. The molecule has 2 amide bonds. The van der Waals surface area contributed by atoms with Crippen LogP contribution in [0.4, 0.5) is 11.4 Å². The molecule has 0 bridgehead atoms. The second-order valence-corrected chi connectivity index (χ2v) is 9.47. The summed E-state index contributed by atoms with van der Waals surface area (Å²) >= 11 is 7.37. The monoisotopic (exact) mass is 521 g/mol. The number of hydrogen-bond acceptors (Lipinski definition) is 6. The fraction of sp³-hybridized carbons (Fsp3) is 0.148. The minimum Gasteiger partial charge on any atom is -0.493 e. The van der Waals surface area contributed by atoms with Crippen molar-refractivity contribution in [2.45, 2.75) is 13.8 Å². The fourth-order valence-corrected chi connectivity index (χ4v) is 4.29. The SMILES string of the molecule is COc1cc(/C=C2\SC(=Nc3ccc(C)cc3)NC2=O)ccc1OCC(=O)Nc1ccc(C)c(Cl)c1. The Labute approximate surface area is 218 Å². The second kappa shape index (κ2) is 11.3. The van der Waals surface area contributed by atoms with E-state index in [1.54, 1.807) is 36.4 Å². The van der Waals surface area contributed by atoms with Gasteiger partial charge in [-0.3, -0.25) is 9.59 Å². The lowest BCUT2D eigenvalue weighted by molar-refractivity contribution is -0.118. The first kappa shape index (κ1) is 25.3. The van der Waals surface area contributed by atoms with Crippen molar-refractivity contribution in [3.05, 3.63) is 87.3 Å². The number of methoxy groups -OCH3 is 1. The van der Waals surface area contributed by atoms with Gasteiger partial charge in [0.2, 0.25) is 0 Å². The maximum absolute atomic E-state index is 12.4. The number of aliphatic imine (C=N–C) groups is 1. The number of amidine groups is 1. The van der Waals surface area contributed by atoms with Crippen LogP contribution in [0.2, 0.25) is 5.02 Å². The van der Waals surface area contributed by atoms with E-state index in [-0.39, 0.29) is 18.4 Å². The summed E-state index contributed by atoms with van der Waals surface area (Å²) in [5.74, 6) is 0.287. The molecular formula is C27H24ClN3O4S. The van der Waals surface area contributed by atoms with Crippen LogP contribution < -0.4 is 20.1 Å². The number of anilines is 1. The Bertz CT molecular complexity index is 1370. The van der Waals surface area contributed by atoms with Gasteiger partial charge in [-0.25, -0.2) is 4.99 Å². The number of ether oxygens (including phenoxy) is 2. The van der Waals surface area contributed by atoms with Crippen LogP contribution in [0.5, 0.6) is 11.5 Å². The van der Waals surface area contributed by atoms with Gasteiger partial charge in [0, 0.05) is 10.7 Å². The largest absolute Gasteiger partial charge is 0.493 e. The van der Waals surface area contributed by atoms with Gasteiger partial charge in [0.15, 0.2) is 23.3 Å². The lowest BCUT2D eigenvalue weighted by Gasteiger charge is -2.12. The molecule has 1 aliphatic heterocycles. The minimum absolute atomic E-state index is 0.209. The molecule has 36 heavy (non-hydrogen) atoms. The molecule has 0 aliphatic carbocycles. The number of amides is 2. The standard InChI is InChI=1S/C27H24ClN3O4S/c1-16-4-8-19(9-5-16)30-27-31-26(33)24(36-27)13-18-7-11-22(23(12-18)34-3)35-15-25(32)29-20-10-6-17(2)21(28)14-20/h4-14H,15H2,1-3H3,(H,29,32)(H,30,31,33)/b24-13-. The van der Waals surface area contributed by atoms with E-state index in [0.29, 0.717) is 32.3 Å². The summed E-state index contributed by atoms with van der Waals surface area (Å²) < 4.78 is 11.1. The molecule has 7 nitrogen and oxygen atoms in total. The Morgan fingerprint density at radius 3 is 2.58 bits per heavy atom. The summed E-state index contributed by atoms with van der Waals surface area (Å²) in [6, 6.07) is 18.2. The van der Waals surface area contributed by atoms with Gasteiger partial charge in [0.1, 0.15) is 0 Å². The third-order valence-electron chi connectivity index (χ3n) is 5.22. The molecule has 4 rings (SSSR count). The van der Waals surface area contributed by atoms with Crippen LogP contribution in [0.3, 0.4) is 0 Å². The molecule has 0 unspecified atom stereocenters. The van der Waals surface area contributed by atoms with Crippen LogP contribution in [0.15, 0.2) is 70.6 Å². The molecule has 0 aromatic heterocycles. The maximum atomic E-state index is 12.4. The molecule has 1 saturated heterocycles. The van der Waals surface area contributed by atoms with Crippen molar-refractivity contribution in [2.24, 2.45) is 4.99 Å². The van der Waals surface area contributed by atoms with E-state index >= 15 is 0 Å². The lowest BCUT2D eigenvalue weighted by Crippen LogP contribution is -2.20. The highest BCUT2D eigenvalue weighted by molar-refractivity contribution is 8.18. The van der Waals surface area contributed by atoms with E-state index in [1.807, 2.05) is 44.2 Å². The number of halogens is 1. The molecular weight excluding hydrogens is 498 g/mol. The molecule has 3 aromatic rings. The van der Waals surface area contributed by atoms with Gasteiger partial charge in [-0.2, -0.15) is 0 Å². The zero-order chi connectivity index (χ0) is 25.7. The van der Waals surface area contributed by atoms with Gasteiger partial charge in [-0.05, 0) is 79.2 Å². The zero-order valence-electron chi connectivity index (χ0n) is 19.9. The van der Waals surface area contributed by atoms with Gasteiger partial charge in [0.25, 0.3) is 11.8 Å². The van der Waals surface area contributed by atoms with Gasteiger partial charge in [0.05, 0.1) is 17.7 Å². The molecule has 3 aromatic carbocycles. The molecule has 184 valence electrons. The Balaban J connectivity index is 1.41. The van der Waals surface area contributed by atoms with Gasteiger partial charge >= 0.3 is 0 Å². The van der Waals surface area contributed by atoms with Crippen molar-refractivity contribution in [1.29, 1.82) is 0 Å². The highest BCUT2D eigenvalue weighted by atomic mass is 35.5. The minimum atomic E-state index is -0.331. The average Bonchev–Trinajstić information content (AvgIpc) is 3.20. The summed E-state index contributed by atoms with van der Waals surface area (Å²) in [5, 5.41) is 6.62. The first-order chi connectivity index (χ1) is 17.3. The summed E-state index contributed by atoms with van der Waals surface area (Å²) in [7, 11) is 1.51. The predicted molar refractivity (Wildman–Crippen MR) is 145 cm³/mol. The summed E-state index contributed by atoms with van der Waals surface area (Å²) in [4.78, 5) is 29.7. The van der Waals surface area contributed by atoms with Crippen LogP contribution in [0.25, 0.3) is 6.08 Å². The first-order valence-corrected chi connectivity index (χ1v) is 12.2. The van der Waals surface area contributed by atoms with Gasteiger partial charge in [-0.1, -0.05) is 41.4 Å². The number of aryl methyl sites for hydroxylation is 2. The van der Waals surface area contributed by atoms with E-state index in [9.17, 15) is 9.59 Å². The highest BCUT2D eigenvalue weighted by Gasteiger charge is 2.24. The Hall–Kier alpha value is -3.75. The molecule has 0 saturated carbocycles. The van der Waals surface area contributed by atoms with E-state index < -0.39 is 0 Å². The van der Waals surface area contributed by atoms with Crippen LogP contribution in [0, 0.1) is 13.8 Å². The van der Waals surface area contributed by atoms with Crippen molar-refractivity contribution in [1.82, 2.24) is 5.32 Å². The number of nitrogens with one attached hydrogen (secondary N) is 2. The smallest absolute Gasteiger partial charge is 0.264 e. The summed E-state index contributed by atoms with van der Waals surface area (Å²) in [6.45, 7) is 3.68. The maximum Gasteiger partial charge on any atom is 0.264 e. The lowest BCUT2D eigenvalue weighted by atomic mass is 10.2. The first-order valence-electron chi connectivity index (χ1n) is 11.0. The predicted octanol–water partition coefficient (Wildman–Crippen LogP) is 5.87. The topological polar surface area (TPSA) is 89.0 Å². The molecule has 9 heteroatoms. The van der Waals surface area contributed by atoms with Crippen molar-refractivity contribution in [3.8, 4) is 11.5 Å². The van der Waals surface area contributed by atoms with E-state index in [1.165, 1.54) is 18.9 Å². The van der Waals surface area contributed by atoms with Crippen LogP contribution in [-0.4, -0.2) is 30.7 Å². The van der Waals surface area contributed by atoms with Crippen LogP contribution >= 0.6 is 23.4 Å². The van der Waals surface area contributed by atoms with E-state index in [2.05, 4.69) is 15.6 Å². The third-order valence-corrected chi connectivity index (χ3v) is 6.53. The number of benzene rings is 3. The molecule has 0 spiro atoms. The number of thioether (sulfide) groups is 1. The van der Waals surface area contributed by atoms with Crippen molar-refractivity contribution < 1.29 is 19.1 Å². The number of carbonyl (C=O) groups is 2. The van der Waals surface area contributed by atoms with E-state index in [0.717, 1.165) is 22.4 Å². The summed E-state index contributed by atoms with van der Waals surface area (Å²) in [5.41, 5.74) is 4.16. The molecule has 1 aliphatic rings. The molecule has 1 heterocycles. The number of nitrogens with zero attached hydrogens (tertiary/aromatic N) is 1. The zero-order valence-corrected chi connectivity index (χ0v) is 21.5. The van der Waals surface area contributed by atoms with Gasteiger partial charge < -0.3 is 20.1 Å². The van der Waals surface area contributed by atoms with Crippen LogP contribution in [0.1, 0.15) is 16.7 Å². The van der Waals surface area contributed by atoms with Gasteiger partial charge in [-0.15, -0.1) is 0 Å². The molecule has 0 atom stereocenters. The van der Waals surface area contributed by atoms with Crippen molar-refractivity contribution in [3.63, 3.8) is 0 Å². The fourth-order valence-electron chi connectivity index (χ4n) is 3.27. The number of rotatable bonds is 7. The summed E-state index contributed by atoms with van der Waals surface area (Å²) in [6.07, 6.45) is 1.75. The Morgan fingerprint density at radius 2 is 1.86 bits per heavy atom. The van der Waals surface area contributed by atoms with Crippen molar-refractivity contribution >= 4 is 57.8 Å². The Kier molecular flexibility index (Phi) is 7.97. The number of hydrogen-bond donors (Lipinski definition) is 2. The molecule has 1 fully saturated rings. The third kappa shape index (κ3) is 6.47. The van der Waals surface area contributed by atoms with Crippen LogP contribution in [-0.2, 0) is 9.59 Å². The Morgan fingerprint density at radius 1 is 1.08 bits per heavy atom. The van der Waals surface area contributed by atoms with Crippen molar-refractivity contribution in [2.75, 3.05) is 19.0 Å². The molecule has 2 N–H and O–H groups in total. The normalized spacial score (nSPS) is 15.2. The average molecular weight is 522 g/mol. The molecule has 0 radical (unpaired) electrons. The quantitative estimate of drug-likeness (QED) is 0.379. The number of carbonyl (C=O) groups excluding carboxylic acids is 2.